The number of nitro groups is 1. The molecule has 0 spiro atoms. The second-order valence-electron chi connectivity index (χ2n) is 4.28. The summed E-state index contributed by atoms with van der Waals surface area (Å²) >= 11 is 0. The lowest BCUT2D eigenvalue weighted by Crippen LogP contribution is -2.30. The molecule has 0 unspecified atom stereocenters. The highest BCUT2D eigenvalue weighted by molar-refractivity contribution is 5.76. The summed E-state index contributed by atoms with van der Waals surface area (Å²) in [7, 11) is 1.50. The zero-order valence-corrected chi connectivity index (χ0v) is 11.5. The molecule has 0 aliphatic heterocycles. The van der Waals surface area contributed by atoms with Gasteiger partial charge in [-0.25, -0.2) is 0 Å². The van der Waals surface area contributed by atoms with E-state index in [4.69, 9.17) is 9.84 Å². The Labute approximate surface area is 121 Å². The third-order valence-corrected chi connectivity index (χ3v) is 2.72. The standard InChI is InChI=1S/C13H16N2O6/c1-14(8-6-13(17)18)12(16)7-9-21-11-5-3-2-4-10(11)15(19)20/h2-5H,6-9H2,1H3,(H,17,18). The monoisotopic (exact) mass is 296 g/mol. The molecule has 1 rings (SSSR count). The Bertz CT molecular complexity index is 531. The third-order valence-electron chi connectivity index (χ3n) is 2.72. The Morgan fingerprint density at radius 2 is 2.00 bits per heavy atom. The molecule has 1 aromatic carbocycles. The van der Waals surface area contributed by atoms with Crippen molar-refractivity contribution in [3.8, 4) is 5.75 Å². The number of aliphatic carboxylic acids is 1. The van der Waals surface area contributed by atoms with Gasteiger partial charge in [-0.1, -0.05) is 12.1 Å². The van der Waals surface area contributed by atoms with Crippen LogP contribution in [0, 0.1) is 10.1 Å². The highest BCUT2D eigenvalue weighted by Gasteiger charge is 2.15. The van der Waals surface area contributed by atoms with Crippen molar-refractivity contribution in [2.75, 3.05) is 20.2 Å². The number of carboxylic acid groups (broad SMARTS) is 1. The Morgan fingerprint density at radius 1 is 1.33 bits per heavy atom. The zero-order chi connectivity index (χ0) is 15.8. The molecule has 0 atom stereocenters. The van der Waals surface area contributed by atoms with Gasteiger partial charge in [0, 0.05) is 19.7 Å². The molecule has 0 aliphatic rings. The fourth-order valence-corrected chi connectivity index (χ4v) is 1.56. The lowest BCUT2D eigenvalue weighted by Gasteiger charge is -2.16. The van der Waals surface area contributed by atoms with Gasteiger partial charge >= 0.3 is 11.7 Å². The highest BCUT2D eigenvalue weighted by atomic mass is 16.6. The van der Waals surface area contributed by atoms with E-state index in [1.54, 1.807) is 6.07 Å². The number of carbonyl (C=O) groups is 2. The van der Waals surface area contributed by atoms with Gasteiger partial charge in [0.15, 0.2) is 5.75 Å². The van der Waals surface area contributed by atoms with Crippen LogP contribution < -0.4 is 4.74 Å². The molecule has 0 fully saturated rings. The first-order chi connectivity index (χ1) is 9.91. The summed E-state index contributed by atoms with van der Waals surface area (Å²) in [4.78, 5) is 33.6. The van der Waals surface area contributed by atoms with Gasteiger partial charge in [0.1, 0.15) is 0 Å². The number of carboxylic acids is 1. The lowest BCUT2D eigenvalue weighted by atomic mass is 10.3. The van der Waals surface area contributed by atoms with Crippen LogP contribution in [-0.2, 0) is 9.59 Å². The van der Waals surface area contributed by atoms with Crippen molar-refractivity contribution in [3.63, 3.8) is 0 Å². The third kappa shape index (κ3) is 5.47. The summed E-state index contributed by atoms with van der Waals surface area (Å²) in [6.07, 6.45) is -0.116. The molecule has 0 aromatic heterocycles. The minimum atomic E-state index is -0.981. The molecule has 114 valence electrons. The van der Waals surface area contributed by atoms with E-state index >= 15 is 0 Å². The van der Waals surface area contributed by atoms with E-state index in [-0.39, 0.29) is 43.3 Å². The number of ether oxygens (including phenoxy) is 1. The molecule has 8 nitrogen and oxygen atoms in total. The largest absolute Gasteiger partial charge is 0.486 e. The van der Waals surface area contributed by atoms with E-state index in [0.717, 1.165) is 0 Å². The number of hydrogen-bond donors (Lipinski definition) is 1. The average Bonchev–Trinajstić information content (AvgIpc) is 2.44. The fraction of sp³-hybridized carbons (Fsp3) is 0.385. The second kappa shape index (κ2) is 7.83. The summed E-state index contributed by atoms with van der Waals surface area (Å²) in [6.45, 7) is 0.0980. The first-order valence-electron chi connectivity index (χ1n) is 6.23. The second-order valence-corrected chi connectivity index (χ2v) is 4.28. The van der Waals surface area contributed by atoms with Crippen LogP contribution in [0.3, 0.4) is 0 Å². The normalized spacial score (nSPS) is 9.95. The van der Waals surface area contributed by atoms with Crippen LogP contribution in [0.15, 0.2) is 24.3 Å². The molecule has 1 amide bonds. The molecule has 0 aliphatic carbocycles. The smallest absolute Gasteiger partial charge is 0.310 e. The van der Waals surface area contributed by atoms with Crippen molar-refractivity contribution in [1.29, 1.82) is 0 Å². The van der Waals surface area contributed by atoms with Gasteiger partial charge in [-0.05, 0) is 6.07 Å². The fourth-order valence-electron chi connectivity index (χ4n) is 1.56. The summed E-state index contributed by atoms with van der Waals surface area (Å²) in [5.74, 6) is -1.16. The van der Waals surface area contributed by atoms with Crippen LogP contribution in [0.1, 0.15) is 12.8 Å². The summed E-state index contributed by atoms with van der Waals surface area (Å²) in [6, 6.07) is 5.89. The SMILES string of the molecule is CN(CCC(=O)O)C(=O)CCOc1ccccc1[N+](=O)[O-]. The molecule has 0 heterocycles. The molecular formula is C13H16N2O6. The summed E-state index contributed by atoms with van der Waals surface area (Å²) in [5, 5.41) is 19.3. The molecule has 21 heavy (non-hydrogen) atoms. The maximum Gasteiger partial charge on any atom is 0.310 e. The molecule has 8 heteroatoms. The average molecular weight is 296 g/mol. The van der Waals surface area contributed by atoms with E-state index in [0.29, 0.717) is 0 Å². The first kappa shape index (κ1) is 16.4. The van der Waals surface area contributed by atoms with Crippen molar-refractivity contribution >= 4 is 17.6 Å². The van der Waals surface area contributed by atoms with E-state index in [2.05, 4.69) is 0 Å². The van der Waals surface area contributed by atoms with Gasteiger partial charge < -0.3 is 14.7 Å². The minimum Gasteiger partial charge on any atom is -0.486 e. The zero-order valence-electron chi connectivity index (χ0n) is 11.5. The molecule has 0 saturated heterocycles. The maximum absolute atomic E-state index is 11.7. The Hall–Kier alpha value is -2.64. The van der Waals surface area contributed by atoms with E-state index < -0.39 is 10.9 Å². The van der Waals surface area contributed by atoms with Crippen molar-refractivity contribution in [1.82, 2.24) is 4.90 Å². The number of carbonyl (C=O) groups excluding carboxylic acids is 1. The number of amides is 1. The first-order valence-corrected chi connectivity index (χ1v) is 6.23. The van der Waals surface area contributed by atoms with Crippen molar-refractivity contribution in [2.24, 2.45) is 0 Å². The molecule has 0 bridgehead atoms. The van der Waals surface area contributed by atoms with Crippen LogP contribution in [0.2, 0.25) is 0 Å². The van der Waals surface area contributed by atoms with Crippen LogP contribution in [0.4, 0.5) is 5.69 Å². The number of benzene rings is 1. The van der Waals surface area contributed by atoms with E-state index in [9.17, 15) is 19.7 Å². The number of hydrogen-bond acceptors (Lipinski definition) is 5. The highest BCUT2D eigenvalue weighted by Crippen LogP contribution is 2.25. The predicted octanol–water partition coefficient (Wildman–Crippen LogP) is 1.30. The summed E-state index contributed by atoms with van der Waals surface area (Å²) in [5.41, 5.74) is -0.163. The molecular weight excluding hydrogens is 280 g/mol. The quantitative estimate of drug-likeness (QED) is 0.572. The van der Waals surface area contributed by atoms with Gasteiger partial charge in [-0.2, -0.15) is 0 Å². The van der Waals surface area contributed by atoms with Crippen LogP contribution in [0.5, 0.6) is 5.75 Å². The van der Waals surface area contributed by atoms with Gasteiger partial charge in [0.2, 0.25) is 5.91 Å². The Kier molecular flexibility index (Phi) is 6.12. The van der Waals surface area contributed by atoms with Crippen LogP contribution in [0.25, 0.3) is 0 Å². The van der Waals surface area contributed by atoms with E-state index in [1.807, 2.05) is 0 Å². The predicted molar refractivity (Wildman–Crippen MR) is 73.1 cm³/mol. The van der Waals surface area contributed by atoms with Crippen molar-refractivity contribution in [3.05, 3.63) is 34.4 Å². The maximum atomic E-state index is 11.7. The van der Waals surface area contributed by atoms with Crippen LogP contribution >= 0.6 is 0 Å². The van der Waals surface area contributed by atoms with Crippen LogP contribution in [-0.4, -0.2) is 47.0 Å². The van der Waals surface area contributed by atoms with E-state index in [1.165, 1.54) is 30.1 Å². The lowest BCUT2D eigenvalue weighted by molar-refractivity contribution is -0.385. The van der Waals surface area contributed by atoms with Gasteiger partial charge in [0.25, 0.3) is 0 Å². The molecule has 0 saturated carbocycles. The topological polar surface area (TPSA) is 110 Å². The van der Waals surface area contributed by atoms with Crippen molar-refractivity contribution < 1.29 is 24.4 Å². The Balaban J connectivity index is 2.45. The Morgan fingerprint density at radius 3 is 2.62 bits per heavy atom. The number of nitrogens with zero attached hydrogens (tertiary/aromatic N) is 2. The minimum absolute atomic E-state index is 0.0128. The molecule has 0 radical (unpaired) electrons. The molecule has 1 N–H and O–H groups in total. The van der Waals surface area contributed by atoms with Gasteiger partial charge in [0.05, 0.1) is 24.4 Å². The summed E-state index contributed by atoms with van der Waals surface area (Å²) < 4.78 is 5.24. The number of para-hydroxylation sites is 2. The van der Waals surface area contributed by atoms with Crippen molar-refractivity contribution in [2.45, 2.75) is 12.8 Å². The number of rotatable bonds is 8. The number of nitro benzene ring substituents is 1. The van der Waals surface area contributed by atoms with Gasteiger partial charge in [-0.15, -0.1) is 0 Å². The molecule has 1 aromatic rings. The van der Waals surface area contributed by atoms with Gasteiger partial charge in [-0.3, -0.25) is 19.7 Å².